The van der Waals surface area contributed by atoms with Crippen LogP contribution in [0, 0.1) is 19.8 Å². The van der Waals surface area contributed by atoms with Crippen LogP contribution < -0.4 is 11.1 Å². The largest absolute Gasteiger partial charge is 0.368 e. The molecule has 0 bridgehead atoms. The minimum absolute atomic E-state index is 0.206. The van der Waals surface area contributed by atoms with Crippen LogP contribution in [0.2, 0.25) is 0 Å². The van der Waals surface area contributed by atoms with Crippen molar-refractivity contribution in [2.45, 2.75) is 50.1 Å². The predicted molar refractivity (Wildman–Crippen MR) is 87.4 cm³/mol. The number of aromatic nitrogens is 1. The quantitative estimate of drug-likeness (QED) is 0.792. The second-order valence-electron chi connectivity index (χ2n) is 5.94. The van der Waals surface area contributed by atoms with Crippen molar-refractivity contribution < 1.29 is 4.79 Å². The molecule has 2 unspecified atom stereocenters. The van der Waals surface area contributed by atoms with Crippen LogP contribution in [0.1, 0.15) is 36.9 Å². The number of nitrogens with one attached hydrogen (secondary N) is 1. The lowest BCUT2D eigenvalue weighted by molar-refractivity contribution is -0.125. The van der Waals surface area contributed by atoms with E-state index < -0.39 is 5.54 Å². The van der Waals surface area contributed by atoms with Crippen LogP contribution in [-0.2, 0) is 4.79 Å². The second kappa shape index (κ2) is 6.79. The summed E-state index contributed by atoms with van der Waals surface area (Å²) in [6, 6.07) is 4.20. The molecule has 5 heteroatoms. The Morgan fingerprint density at radius 1 is 1.52 bits per heavy atom. The Morgan fingerprint density at radius 2 is 2.29 bits per heavy atom. The van der Waals surface area contributed by atoms with Gasteiger partial charge in [-0.2, -0.15) is 0 Å². The van der Waals surface area contributed by atoms with Gasteiger partial charge in [0.1, 0.15) is 5.54 Å². The van der Waals surface area contributed by atoms with Crippen molar-refractivity contribution in [3.05, 3.63) is 23.4 Å². The van der Waals surface area contributed by atoms with Crippen LogP contribution in [0.3, 0.4) is 0 Å². The first kappa shape index (κ1) is 16.3. The van der Waals surface area contributed by atoms with Crippen molar-refractivity contribution in [2.24, 2.45) is 11.7 Å². The van der Waals surface area contributed by atoms with Gasteiger partial charge in [-0.15, -0.1) is 11.8 Å². The Bertz CT molecular complexity index is 500. The van der Waals surface area contributed by atoms with Crippen molar-refractivity contribution in [1.82, 2.24) is 10.3 Å². The minimum Gasteiger partial charge on any atom is -0.368 e. The summed E-state index contributed by atoms with van der Waals surface area (Å²) in [5.41, 5.74) is 7.43. The third kappa shape index (κ3) is 3.58. The highest BCUT2D eigenvalue weighted by atomic mass is 32.2. The molecule has 1 amide bonds. The number of rotatable bonds is 6. The molecule has 0 radical (unpaired) electrons. The summed E-state index contributed by atoms with van der Waals surface area (Å²) in [4.78, 5) is 16.4. The van der Waals surface area contributed by atoms with Crippen molar-refractivity contribution >= 4 is 17.7 Å². The molecule has 1 aliphatic carbocycles. The minimum atomic E-state index is -0.503. The third-order valence-electron chi connectivity index (χ3n) is 4.50. The number of thioether (sulfide) groups is 1. The van der Waals surface area contributed by atoms with E-state index in [1.54, 1.807) is 11.8 Å². The summed E-state index contributed by atoms with van der Waals surface area (Å²) in [5, 5.41) is 4.26. The van der Waals surface area contributed by atoms with Gasteiger partial charge in [0.05, 0.1) is 5.03 Å². The number of hydrogen-bond donors (Lipinski definition) is 2. The van der Waals surface area contributed by atoms with Gasteiger partial charge in [-0.05, 0) is 69.5 Å². The van der Waals surface area contributed by atoms with Gasteiger partial charge in [0, 0.05) is 5.69 Å². The zero-order valence-electron chi connectivity index (χ0n) is 13.1. The number of hydrogen-bond acceptors (Lipinski definition) is 4. The highest BCUT2D eigenvalue weighted by Crippen LogP contribution is 2.38. The lowest BCUT2D eigenvalue weighted by atomic mass is 9.84. The Hall–Kier alpha value is -1.07. The lowest BCUT2D eigenvalue weighted by Crippen LogP contribution is -2.56. The number of nitrogens with two attached hydrogens (primary N) is 1. The molecule has 0 aliphatic heterocycles. The summed E-state index contributed by atoms with van der Waals surface area (Å²) in [6.07, 6.45) is 3.99. The molecule has 1 fully saturated rings. The number of primary amides is 1. The van der Waals surface area contributed by atoms with Gasteiger partial charge in [-0.3, -0.25) is 4.79 Å². The van der Waals surface area contributed by atoms with Crippen LogP contribution in [0.25, 0.3) is 0 Å². The number of nitrogens with zero attached hydrogens (tertiary/aromatic N) is 1. The molecule has 1 aromatic rings. The number of aryl methyl sites for hydroxylation is 2. The van der Waals surface area contributed by atoms with Gasteiger partial charge in [0.15, 0.2) is 0 Å². The number of likely N-dealkylation sites (N-methyl/N-ethyl adjacent to an activating group) is 1. The summed E-state index contributed by atoms with van der Waals surface area (Å²) in [5.74, 6) is 1.09. The Labute approximate surface area is 131 Å². The van der Waals surface area contributed by atoms with Crippen molar-refractivity contribution in [3.63, 3.8) is 0 Å². The Morgan fingerprint density at radius 3 is 2.90 bits per heavy atom. The van der Waals surface area contributed by atoms with Gasteiger partial charge in [-0.1, -0.05) is 6.42 Å². The molecule has 4 nitrogen and oxygen atoms in total. The van der Waals surface area contributed by atoms with Crippen LogP contribution in [0.15, 0.2) is 17.2 Å². The smallest absolute Gasteiger partial charge is 0.238 e. The molecular formula is C16H25N3OS. The van der Waals surface area contributed by atoms with E-state index in [4.69, 9.17) is 5.73 Å². The average Bonchev–Trinajstić information content (AvgIpc) is 2.82. The first-order valence-electron chi connectivity index (χ1n) is 7.55. The fraction of sp³-hybridized carbons (Fsp3) is 0.625. The molecule has 1 aliphatic rings. The van der Waals surface area contributed by atoms with Crippen LogP contribution in [0.4, 0.5) is 0 Å². The SMILES string of the molecule is CNC1(C(N)=O)CCCC1CCSc1cc(C)cc(C)n1. The monoisotopic (exact) mass is 307 g/mol. The van der Waals surface area contributed by atoms with Crippen molar-refractivity contribution in [3.8, 4) is 0 Å². The highest BCUT2D eigenvalue weighted by molar-refractivity contribution is 7.99. The fourth-order valence-corrected chi connectivity index (χ4v) is 4.52. The van der Waals surface area contributed by atoms with Crippen LogP contribution >= 0.6 is 11.8 Å². The topological polar surface area (TPSA) is 68.0 Å². The molecule has 2 atom stereocenters. The van der Waals surface area contributed by atoms with E-state index in [1.165, 1.54) is 5.56 Å². The second-order valence-corrected chi connectivity index (χ2v) is 7.05. The standard InChI is InChI=1S/C16H25N3OS/c1-11-9-12(2)19-14(10-11)21-8-6-13-5-4-7-16(13,18-3)15(17)20/h9-10,13,18H,4-8H2,1-3H3,(H2,17,20). The maximum absolute atomic E-state index is 11.8. The molecule has 1 saturated carbocycles. The number of carbonyl (C=O) groups excluding carboxylic acids is 1. The van der Waals surface area contributed by atoms with E-state index in [1.807, 2.05) is 14.0 Å². The molecule has 21 heavy (non-hydrogen) atoms. The van der Waals surface area contributed by atoms with E-state index in [-0.39, 0.29) is 5.91 Å². The molecule has 1 aromatic heterocycles. The molecule has 1 heterocycles. The van der Waals surface area contributed by atoms with Gasteiger partial charge in [-0.25, -0.2) is 4.98 Å². The highest BCUT2D eigenvalue weighted by Gasteiger charge is 2.45. The summed E-state index contributed by atoms with van der Waals surface area (Å²) in [7, 11) is 1.85. The summed E-state index contributed by atoms with van der Waals surface area (Å²) in [6.45, 7) is 4.11. The molecular weight excluding hydrogens is 282 g/mol. The zero-order valence-corrected chi connectivity index (χ0v) is 13.9. The lowest BCUT2D eigenvalue weighted by Gasteiger charge is -2.32. The molecule has 2 rings (SSSR count). The van der Waals surface area contributed by atoms with E-state index >= 15 is 0 Å². The zero-order chi connectivity index (χ0) is 15.5. The van der Waals surface area contributed by atoms with E-state index in [0.29, 0.717) is 5.92 Å². The normalized spacial score (nSPS) is 25.2. The molecule has 0 spiro atoms. The molecule has 0 aromatic carbocycles. The third-order valence-corrected chi connectivity index (χ3v) is 5.44. The first-order chi connectivity index (χ1) is 9.98. The Kier molecular flexibility index (Phi) is 5.27. The van der Waals surface area contributed by atoms with Crippen LogP contribution in [0.5, 0.6) is 0 Å². The Balaban J connectivity index is 1.95. The number of carbonyl (C=O) groups is 1. The summed E-state index contributed by atoms with van der Waals surface area (Å²) >= 11 is 1.77. The maximum atomic E-state index is 11.8. The van der Waals surface area contributed by atoms with Gasteiger partial charge in [0.25, 0.3) is 0 Å². The van der Waals surface area contributed by atoms with Gasteiger partial charge < -0.3 is 11.1 Å². The molecule has 116 valence electrons. The summed E-state index contributed by atoms with van der Waals surface area (Å²) < 4.78 is 0. The van der Waals surface area contributed by atoms with Crippen LogP contribution in [-0.4, -0.2) is 29.2 Å². The first-order valence-corrected chi connectivity index (χ1v) is 8.53. The molecule has 3 N–H and O–H groups in total. The van der Waals surface area contributed by atoms with Crippen molar-refractivity contribution in [2.75, 3.05) is 12.8 Å². The van der Waals surface area contributed by atoms with E-state index in [9.17, 15) is 4.79 Å². The van der Waals surface area contributed by atoms with E-state index in [0.717, 1.165) is 42.2 Å². The fourth-order valence-electron chi connectivity index (χ4n) is 3.43. The van der Waals surface area contributed by atoms with Crippen molar-refractivity contribution in [1.29, 1.82) is 0 Å². The number of amides is 1. The molecule has 0 saturated heterocycles. The number of pyridine rings is 1. The maximum Gasteiger partial charge on any atom is 0.238 e. The predicted octanol–water partition coefficient (Wildman–Crippen LogP) is 2.42. The van der Waals surface area contributed by atoms with E-state index in [2.05, 4.69) is 29.4 Å². The van der Waals surface area contributed by atoms with Gasteiger partial charge in [0.2, 0.25) is 5.91 Å². The average molecular weight is 307 g/mol. The van der Waals surface area contributed by atoms with Gasteiger partial charge >= 0.3 is 0 Å².